The number of rotatable bonds is 2. The van der Waals surface area contributed by atoms with E-state index in [4.69, 9.17) is 0 Å². The lowest BCUT2D eigenvalue weighted by molar-refractivity contribution is 0.261. The van der Waals surface area contributed by atoms with Gasteiger partial charge in [0.1, 0.15) is 0 Å². The maximum absolute atomic E-state index is 2.56. The first-order chi connectivity index (χ1) is 8.92. The van der Waals surface area contributed by atoms with Crippen LogP contribution in [0.25, 0.3) is 0 Å². The number of nitrogens with zero attached hydrogens (tertiary/aromatic N) is 1. The molecule has 0 saturated carbocycles. The molecule has 18 heavy (non-hydrogen) atoms. The van der Waals surface area contributed by atoms with Gasteiger partial charge in [-0.25, -0.2) is 0 Å². The van der Waals surface area contributed by atoms with Crippen LogP contribution >= 0.6 is 0 Å². The molecule has 1 heterocycles. The quantitative estimate of drug-likeness (QED) is 0.771. The first kappa shape index (κ1) is 11.5. The number of hydrogen-bond donors (Lipinski definition) is 0. The lowest BCUT2D eigenvalue weighted by atomic mass is 10.0. The first-order valence-corrected chi connectivity index (χ1v) is 6.75. The van der Waals surface area contributed by atoms with Crippen molar-refractivity contribution in [2.45, 2.75) is 25.9 Å². The molecule has 0 aliphatic carbocycles. The van der Waals surface area contributed by atoms with Gasteiger partial charge in [0.25, 0.3) is 0 Å². The zero-order valence-corrected chi connectivity index (χ0v) is 10.7. The highest BCUT2D eigenvalue weighted by Crippen LogP contribution is 2.19. The Morgan fingerprint density at radius 1 is 0.833 bits per heavy atom. The fraction of sp³-hybridized carbons (Fsp3) is 0.294. The summed E-state index contributed by atoms with van der Waals surface area (Å²) in [5.74, 6) is 0. The van der Waals surface area contributed by atoms with Gasteiger partial charge < -0.3 is 0 Å². The summed E-state index contributed by atoms with van der Waals surface area (Å²) in [6, 6.07) is 19.6. The van der Waals surface area contributed by atoms with Gasteiger partial charge in [-0.1, -0.05) is 54.6 Å². The Morgan fingerprint density at radius 2 is 1.56 bits per heavy atom. The summed E-state index contributed by atoms with van der Waals surface area (Å²) in [7, 11) is 0. The van der Waals surface area contributed by atoms with Crippen LogP contribution in [-0.4, -0.2) is 11.4 Å². The molecule has 0 amide bonds. The molecule has 0 bridgehead atoms. The molecule has 2 aromatic rings. The van der Waals surface area contributed by atoms with Gasteiger partial charge in [0.2, 0.25) is 0 Å². The molecule has 0 atom stereocenters. The van der Waals surface area contributed by atoms with E-state index in [-0.39, 0.29) is 0 Å². The summed E-state index contributed by atoms with van der Waals surface area (Å²) in [4.78, 5) is 2.56. The molecule has 0 unspecified atom stereocenters. The summed E-state index contributed by atoms with van der Waals surface area (Å²) in [5, 5.41) is 0. The molecule has 0 radical (unpaired) electrons. The second-order valence-corrected chi connectivity index (χ2v) is 5.07. The van der Waals surface area contributed by atoms with E-state index >= 15 is 0 Å². The van der Waals surface area contributed by atoms with Crippen molar-refractivity contribution in [2.24, 2.45) is 0 Å². The maximum Gasteiger partial charge on any atom is 0.0240 e. The van der Waals surface area contributed by atoms with Crippen LogP contribution in [0.1, 0.15) is 23.1 Å². The Labute approximate surface area is 109 Å². The Balaban J connectivity index is 1.75. The molecule has 0 fully saturated rings. The number of fused-ring (bicyclic) bond motifs is 1. The highest BCUT2D eigenvalue weighted by molar-refractivity contribution is 5.28. The molecule has 1 heteroatoms. The molecule has 3 rings (SSSR count). The van der Waals surface area contributed by atoms with Crippen molar-refractivity contribution in [3.05, 3.63) is 71.3 Å². The third-order valence-corrected chi connectivity index (χ3v) is 3.68. The van der Waals surface area contributed by atoms with Crippen molar-refractivity contribution in [3.63, 3.8) is 0 Å². The van der Waals surface area contributed by atoms with Crippen LogP contribution in [0.4, 0.5) is 0 Å². The van der Waals surface area contributed by atoms with E-state index in [9.17, 15) is 0 Å². The largest absolute Gasteiger partial charge is 0.295 e. The molecule has 0 N–H and O–H groups in total. The van der Waals surface area contributed by atoms with E-state index in [2.05, 4.69) is 59.5 Å². The number of benzene rings is 2. The molecule has 2 aromatic carbocycles. The van der Waals surface area contributed by atoms with Gasteiger partial charge >= 0.3 is 0 Å². The summed E-state index contributed by atoms with van der Waals surface area (Å²) in [6.07, 6.45) is 2.49. The predicted molar refractivity (Wildman–Crippen MR) is 75.3 cm³/mol. The maximum atomic E-state index is 2.56. The molecule has 0 saturated heterocycles. The lowest BCUT2D eigenvalue weighted by Crippen LogP contribution is -2.22. The summed E-state index contributed by atoms with van der Waals surface area (Å²) >= 11 is 0. The Kier molecular flexibility index (Phi) is 3.42. The van der Waals surface area contributed by atoms with Crippen molar-refractivity contribution in [1.82, 2.24) is 4.90 Å². The fourth-order valence-electron chi connectivity index (χ4n) is 2.75. The Bertz CT molecular complexity index is 504. The average molecular weight is 237 g/mol. The molecule has 0 spiro atoms. The highest BCUT2D eigenvalue weighted by atomic mass is 15.1. The van der Waals surface area contributed by atoms with E-state index in [0.717, 1.165) is 13.1 Å². The summed E-state index contributed by atoms with van der Waals surface area (Å²) in [5.41, 5.74) is 4.45. The van der Waals surface area contributed by atoms with Crippen molar-refractivity contribution in [1.29, 1.82) is 0 Å². The van der Waals surface area contributed by atoms with Crippen LogP contribution in [0.2, 0.25) is 0 Å². The minimum absolute atomic E-state index is 1.06. The number of hydrogen-bond acceptors (Lipinski definition) is 1. The molecule has 92 valence electrons. The van der Waals surface area contributed by atoms with Crippen molar-refractivity contribution in [3.8, 4) is 0 Å². The minimum Gasteiger partial charge on any atom is -0.295 e. The first-order valence-electron chi connectivity index (χ1n) is 6.75. The summed E-state index contributed by atoms with van der Waals surface area (Å²) < 4.78 is 0. The average Bonchev–Trinajstić information content (AvgIpc) is 2.61. The van der Waals surface area contributed by atoms with Gasteiger partial charge in [0, 0.05) is 13.1 Å². The van der Waals surface area contributed by atoms with Crippen LogP contribution in [0.3, 0.4) is 0 Å². The van der Waals surface area contributed by atoms with Crippen molar-refractivity contribution in [2.75, 3.05) is 6.54 Å². The number of aryl methyl sites for hydroxylation is 1. The topological polar surface area (TPSA) is 3.24 Å². The zero-order chi connectivity index (χ0) is 12.2. The lowest BCUT2D eigenvalue weighted by Gasteiger charge is -2.20. The van der Waals surface area contributed by atoms with E-state index in [0.29, 0.717) is 0 Å². The van der Waals surface area contributed by atoms with E-state index in [1.807, 2.05) is 0 Å². The third-order valence-electron chi connectivity index (χ3n) is 3.68. The highest BCUT2D eigenvalue weighted by Gasteiger charge is 2.13. The third kappa shape index (κ3) is 2.62. The van der Waals surface area contributed by atoms with Crippen LogP contribution in [0.15, 0.2) is 54.6 Å². The Morgan fingerprint density at radius 3 is 2.39 bits per heavy atom. The van der Waals surface area contributed by atoms with Crippen molar-refractivity contribution >= 4 is 0 Å². The molecule has 1 aliphatic rings. The smallest absolute Gasteiger partial charge is 0.0240 e. The Hall–Kier alpha value is -1.60. The van der Waals surface area contributed by atoms with Crippen LogP contribution in [0, 0.1) is 0 Å². The SMILES string of the molecule is c1ccc(CN2CCCc3ccccc3C2)cc1. The molecular formula is C17H19N. The minimum atomic E-state index is 1.06. The van der Waals surface area contributed by atoms with Crippen LogP contribution < -0.4 is 0 Å². The predicted octanol–water partition coefficient (Wildman–Crippen LogP) is 3.64. The second kappa shape index (κ2) is 5.36. The van der Waals surface area contributed by atoms with Gasteiger partial charge in [-0.2, -0.15) is 0 Å². The molecule has 1 aliphatic heterocycles. The van der Waals surface area contributed by atoms with E-state index in [1.54, 1.807) is 0 Å². The van der Waals surface area contributed by atoms with E-state index < -0.39 is 0 Å². The normalized spacial score (nSPS) is 16.0. The molecule has 0 aromatic heterocycles. The second-order valence-electron chi connectivity index (χ2n) is 5.07. The summed E-state index contributed by atoms with van der Waals surface area (Å²) in [6.45, 7) is 3.35. The van der Waals surface area contributed by atoms with Gasteiger partial charge in [0.15, 0.2) is 0 Å². The standard InChI is InChI=1S/C17H19N/c1-2-7-15(8-3-1)13-18-12-6-11-16-9-4-5-10-17(16)14-18/h1-5,7-10H,6,11-14H2. The van der Waals surface area contributed by atoms with E-state index in [1.165, 1.54) is 36.1 Å². The monoisotopic (exact) mass is 237 g/mol. The fourth-order valence-corrected chi connectivity index (χ4v) is 2.75. The van der Waals surface area contributed by atoms with Gasteiger partial charge in [-0.15, -0.1) is 0 Å². The molecular weight excluding hydrogens is 218 g/mol. The van der Waals surface area contributed by atoms with Gasteiger partial charge in [-0.3, -0.25) is 4.90 Å². The van der Waals surface area contributed by atoms with Gasteiger partial charge in [-0.05, 0) is 36.1 Å². The zero-order valence-electron chi connectivity index (χ0n) is 10.7. The molecule has 1 nitrogen and oxygen atoms in total. The van der Waals surface area contributed by atoms with Crippen LogP contribution in [0.5, 0.6) is 0 Å². The van der Waals surface area contributed by atoms with Crippen LogP contribution in [-0.2, 0) is 19.5 Å². The van der Waals surface area contributed by atoms with Gasteiger partial charge in [0.05, 0.1) is 0 Å². The van der Waals surface area contributed by atoms with Crippen molar-refractivity contribution < 1.29 is 0 Å².